The number of terminal acetylenes is 1. The molecule has 0 aliphatic carbocycles. The number of aliphatic hydroxyl groups is 1. The minimum Gasteiger partial charge on any atom is -0.392 e. The molecule has 1 atom stereocenters. The van der Waals surface area contributed by atoms with Gasteiger partial charge in [-0.3, -0.25) is 0 Å². The van der Waals surface area contributed by atoms with E-state index in [-0.39, 0.29) is 6.10 Å². The van der Waals surface area contributed by atoms with E-state index in [1.165, 1.54) is 0 Å². The summed E-state index contributed by atoms with van der Waals surface area (Å²) in [6.07, 6.45) is 4.94. The molecule has 1 N–H and O–H groups in total. The average Bonchev–Trinajstić information content (AvgIpc) is 1.35. The third kappa shape index (κ3) is 3.52. The van der Waals surface area contributed by atoms with E-state index in [4.69, 9.17) is 11.5 Å². The minimum atomic E-state index is -0.338. The van der Waals surface area contributed by atoms with Gasteiger partial charge in [-0.2, -0.15) is 0 Å². The van der Waals surface area contributed by atoms with Gasteiger partial charge >= 0.3 is 0 Å². The van der Waals surface area contributed by atoms with Crippen molar-refractivity contribution in [1.82, 2.24) is 0 Å². The van der Waals surface area contributed by atoms with Crippen LogP contribution in [-0.2, 0) is 0 Å². The van der Waals surface area contributed by atoms with Crippen LogP contribution in [0.1, 0.15) is 13.3 Å². The summed E-state index contributed by atoms with van der Waals surface area (Å²) in [5, 5.41) is 8.41. The van der Waals surface area contributed by atoms with Crippen LogP contribution in [0.5, 0.6) is 0 Å². The standard InChI is InChI=1S/C5H8O/c1-3-4-5(2)6/h1,5-6H,4H2,2H3/t5-/m1/s1. The molecular formula is C5H8O. The first-order valence-corrected chi connectivity index (χ1v) is 1.89. The third-order valence-electron chi connectivity index (χ3n) is 0.413. The van der Waals surface area contributed by atoms with Crippen LogP contribution in [0.15, 0.2) is 0 Å². The van der Waals surface area contributed by atoms with E-state index in [0.717, 1.165) is 0 Å². The summed E-state index contributed by atoms with van der Waals surface area (Å²) in [5.74, 6) is 2.32. The van der Waals surface area contributed by atoms with Crippen molar-refractivity contribution in [3.63, 3.8) is 0 Å². The van der Waals surface area contributed by atoms with E-state index in [1.807, 2.05) is 0 Å². The van der Waals surface area contributed by atoms with Crippen molar-refractivity contribution in [2.24, 2.45) is 0 Å². The monoisotopic (exact) mass is 84.1 g/mol. The Kier molecular flexibility index (Phi) is 2.52. The second kappa shape index (κ2) is 2.74. The van der Waals surface area contributed by atoms with Gasteiger partial charge in [-0.1, -0.05) is 0 Å². The van der Waals surface area contributed by atoms with Crippen LogP contribution >= 0.6 is 0 Å². The van der Waals surface area contributed by atoms with E-state index in [1.54, 1.807) is 6.92 Å². The van der Waals surface area contributed by atoms with Crippen molar-refractivity contribution >= 4 is 0 Å². The fourth-order valence-electron chi connectivity index (χ4n) is 0.171. The highest BCUT2D eigenvalue weighted by molar-refractivity contribution is 4.85. The Balaban J connectivity index is 2.88. The maximum absolute atomic E-state index is 8.41. The average molecular weight is 84.1 g/mol. The maximum atomic E-state index is 8.41. The lowest BCUT2D eigenvalue weighted by molar-refractivity contribution is 0.201. The molecule has 0 radical (unpaired) electrons. The molecule has 0 saturated heterocycles. The molecule has 0 unspecified atom stereocenters. The molecule has 0 aromatic carbocycles. The predicted octanol–water partition coefficient (Wildman–Crippen LogP) is 0.391. The Morgan fingerprint density at radius 1 is 2.00 bits per heavy atom. The Hall–Kier alpha value is -0.480. The molecule has 0 heterocycles. The fourth-order valence-corrected chi connectivity index (χ4v) is 0.171. The van der Waals surface area contributed by atoms with Gasteiger partial charge in [-0.05, 0) is 6.92 Å². The molecule has 0 amide bonds. The molecule has 1 heteroatoms. The molecule has 0 bridgehead atoms. The molecule has 0 spiro atoms. The van der Waals surface area contributed by atoms with Gasteiger partial charge in [-0.15, -0.1) is 12.3 Å². The van der Waals surface area contributed by atoms with Crippen molar-refractivity contribution in [3.05, 3.63) is 0 Å². The first kappa shape index (κ1) is 5.52. The summed E-state index contributed by atoms with van der Waals surface area (Å²) >= 11 is 0. The largest absolute Gasteiger partial charge is 0.392 e. The van der Waals surface area contributed by atoms with Crippen molar-refractivity contribution in [1.29, 1.82) is 0 Å². The van der Waals surface area contributed by atoms with Gasteiger partial charge in [0.2, 0.25) is 0 Å². The van der Waals surface area contributed by atoms with Gasteiger partial charge in [0.25, 0.3) is 0 Å². The summed E-state index contributed by atoms with van der Waals surface area (Å²) in [5.41, 5.74) is 0. The van der Waals surface area contributed by atoms with E-state index in [2.05, 4.69) is 5.92 Å². The Labute approximate surface area is 38.0 Å². The Morgan fingerprint density at radius 3 is 2.50 bits per heavy atom. The highest BCUT2D eigenvalue weighted by atomic mass is 16.3. The van der Waals surface area contributed by atoms with Crippen molar-refractivity contribution < 1.29 is 5.11 Å². The number of rotatable bonds is 1. The molecule has 0 aliphatic rings. The lowest BCUT2D eigenvalue weighted by Crippen LogP contribution is -1.94. The molecule has 0 rings (SSSR count). The quantitative estimate of drug-likeness (QED) is 0.456. The fraction of sp³-hybridized carbons (Fsp3) is 0.600. The summed E-state index contributed by atoms with van der Waals surface area (Å²) in [7, 11) is 0. The minimum absolute atomic E-state index is 0.338. The van der Waals surface area contributed by atoms with Gasteiger partial charge in [0, 0.05) is 6.42 Å². The molecule has 0 aliphatic heterocycles. The maximum Gasteiger partial charge on any atom is 0.0621 e. The first-order valence-electron chi connectivity index (χ1n) is 1.89. The van der Waals surface area contributed by atoms with Crippen LogP contribution in [0.4, 0.5) is 0 Å². The van der Waals surface area contributed by atoms with Gasteiger partial charge < -0.3 is 5.11 Å². The molecule has 6 heavy (non-hydrogen) atoms. The normalized spacial score (nSPS) is 12.8. The first-order chi connectivity index (χ1) is 2.77. The van der Waals surface area contributed by atoms with Gasteiger partial charge in [0.1, 0.15) is 0 Å². The van der Waals surface area contributed by atoms with Crippen LogP contribution in [-0.4, -0.2) is 11.2 Å². The predicted molar refractivity (Wildman–Crippen MR) is 25.1 cm³/mol. The molecule has 0 aromatic rings. The van der Waals surface area contributed by atoms with Gasteiger partial charge in [0.05, 0.1) is 6.10 Å². The number of hydrogen-bond donors (Lipinski definition) is 1. The van der Waals surface area contributed by atoms with E-state index in [9.17, 15) is 0 Å². The highest BCUT2D eigenvalue weighted by Gasteiger charge is 1.85. The molecule has 0 aromatic heterocycles. The number of hydrogen-bond acceptors (Lipinski definition) is 1. The second-order valence-electron chi connectivity index (χ2n) is 1.26. The zero-order chi connectivity index (χ0) is 4.99. The van der Waals surface area contributed by atoms with Crippen LogP contribution in [0.25, 0.3) is 0 Å². The topological polar surface area (TPSA) is 20.2 Å². The molecule has 1 nitrogen and oxygen atoms in total. The Bertz CT molecular complexity index is 58.8. The molecule has 0 fully saturated rings. The highest BCUT2D eigenvalue weighted by Crippen LogP contribution is 1.82. The summed E-state index contributed by atoms with van der Waals surface area (Å²) in [4.78, 5) is 0. The van der Waals surface area contributed by atoms with Crippen LogP contribution in [0, 0.1) is 12.3 Å². The summed E-state index contributed by atoms with van der Waals surface area (Å²) < 4.78 is 0. The van der Waals surface area contributed by atoms with E-state index in [0.29, 0.717) is 6.42 Å². The van der Waals surface area contributed by atoms with Crippen molar-refractivity contribution in [2.45, 2.75) is 19.4 Å². The lowest BCUT2D eigenvalue weighted by atomic mass is 10.3. The molecular weight excluding hydrogens is 76.1 g/mol. The molecule has 0 saturated carbocycles. The van der Waals surface area contributed by atoms with Crippen LogP contribution in [0.3, 0.4) is 0 Å². The summed E-state index contributed by atoms with van der Waals surface area (Å²) in [6, 6.07) is 0. The zero-order valence-electron chi connectivity index (χ0n) is 3.81. The van der Waals surface area contributed by atoms with Crippen molar-refractivity contribution in [3.8, 4) is 12.3 Å². The SMILES string of the molecule is C#CC[C@@H](C)O. The van der Waals surface area contributed by atoms with Crippen LogP contribution < -0.4 is 0 Å². The van der Waals surface area contributed by atoms with E-state index >= 15 is 0 Å². The van der Waals surface area contributed by atoms with Gasteiger partial charge in [0.15, 0.2) is 0 Å². The summed E-state index contributed by atoms with van der Waals surface area (Å²) in [6.45, 7) is 1.67. The third-order valence-corrected chi connectivity index (χ3v) is 0.413. The second-order valence-corrected chi connectivity index (χ2v) is 1.26. The van der Waals surface area contributed by atoms with Crippen LogP contribution in [0.2, 0.25) is 0 Å². The zero-order valence-corrected chi connectivity index (χ0v) is 3.81. The molecule has 34 valence electrons. The number of aliphatic hydroxyl groups excluding tert-OH is 1. The van der Waals surface area contributed by atoms with Gasteiger partial charge in [-0.25, -0.2) is 0 Å². The lowest BCUT2D eigenvalue weighted by Gasteiger charge is -1.90. The van der Waals surface area contributed by atoms with Crippen molar-refractivity contribution in [2.75, 3.05) is 0 Å². The smallest absolute Gasteiger partial charge is 0.0621 e. The Morgan fingerprint density at radius 2 is 2.50 bits per heavy atom. The van der Waals surface area contributed by atoms with E-state index < -0.39 is 0 Å².